The maximum absolute atomic E-state index is 5.76. The van der Waals surface area contributed by atoms with Gasteiger partial charge in [-0.05, 0) is 6.54 Å². The van der Waals surface area contributed by atoms with Crippen LogP contribution in [-0.4, -0.2) is 53.1 Å². The van der Waals surface area contributed by atoms with Gasteiger partial charge < -0.3 is 10.1 Å². The third-order valence-electron chi connectivity index (χ3n) is 3.25. The number of morpholine rings is 1. The van der Waals surface area contributed by atoms with Crippen molar-refractivity contribution in [3.63, 3.8) is 0 Å². The Morgan fingerprint density at radius 3 is 2.89 bits per heavy atom. The van der Waals surface area contributed by atoms with Crippen molar-refractivity contribution < 1.29 is 4.74 Å². The van der Waals surface area contributed by atoms with Crippen molar-refractivity contribution >= 4 is 16.7 Å². The van der Waals surface area contributed by atoms with Gasteiger partial charge in [0.25, 0.3) is 0 Å². The Balaban J connectivity index is 1.83. The molecule has 5 nitrogen and oxygen atoms in total. The molecule has 19 heavy (non-hydrogen) atoms. The van der Waals surface area contributed by atoms with Gasteiger partial charge in [-0.2, -0.15) is 4.37 Å². The standard InChI is InChI=1S/C13H24N4OS/c1-5-17-6-7-18-10(9-17)8-14-12-15-11(16-19-12)13(2,3)4/h10H,5-9H2,1-4H3,(H,14,15,16). The second-order valence-corrected chi connectivity index (χ2v) is 6.69. The smallest absolute Gasteiger partial charge is 0.202 e. The molecule has 1 atom stereocenters. The second kappa shape index (κ2) is 6.15. The Kier molecular flexibility index (Phi) is 4.76. The van der Waals surface area contributed by atoms with Crippen LogP contribution >= 0.6 is 11.5 Å². The molecule has 2 rings (SSSR count). The van der Waals surface area contributed by atoms with E-state index in [2.05, 4.69) is 47.3 Å². The molecule has 108 valence electrons. The van der Waals surface area contributed by atoms with Gasteiger partial charge in [-0.1, -0.05) is 27.7 Å². The SMILES string of the molecule is CCN1CCOC(CNc2nc(C(C)(C)C)ns2)C1. The van der Waals surface area contributed by atoms with Crippen molar-refractivity contribution in [3.8, 4) is 0 Å². The molecule has 0 bridgehead atoms. The molecule has 1 aliphatic rings. The summed E-state index contributed by atoms with van der Waals surface area (Å²) in [7, 11) is 0. The molecule has 1 aliphatic heterocycles. The molecule has 1 saturated heterocycles. The number of aromatic nitrogens is 2. The fourth-order valence-electron chi connectivity index (χ4n) is 1.99. The number of hydrogen-bond acceptors (Lipinski definition) is 6. The highest BCUT2D eigenvalue weighted by atomic mass is 32.1. The Morgan fingerprint density at radius 2 is 2.26 bits per heavy atom. The van der Waals surface area contributed by atoms with E-state index in [0.29, 0.717) is 0 Å². The van der Waals surface area contributed by atoms with Gasteiger partial charge in [0.2, 0.25) is 5.13 Å². The van der Waals surface area contributed by atoms with Gasteiger partial charge in [0, 0.05) is 36.6 Å². The minimum Gasteiger partial charge on any atom is -0.374 e. The van der Waals surface area contributed by atoms with Crippen molar-refractivity contribution in [1.82, 2.24) is 14.3 Å². The van der Waals surface area contributed by atoms with Gasteiger partial charge in [-0.25, -0.2) is 4.98 Å². The zero-order valence-electron chi connectivity index (χ0n) is 12.3. The van der Waals surface area contributed by atoms with Crippen molar-refractivity contribution in [1.29, 1.82) is 0 Å². The van der Waals surface area contributed by atoms with E-state index in [4.69, 9.17) is 4.74 Å². The summed E-state index contributed by atoms with van der Waals surface area (Å²) >= 11 is 1.43. The first-order chi connectivity index (χ1) is 8.99. The van der Waals surface area contributed by atoms with E-state index in [9.17, 15) is 0 Å². The first-order valence-electron chi connectivity index (χ1n) is 6.91. The normalized spacial score (nSPS) is 21.6. The minimum absolute atomic E-state index is 0.0107. The highest BCUT2D eigenvalue weighted by Crippen LogP contribution is 2.23. The Labute approximate surface area is 119 Å². The van der Waals surface area contributed by atoms with Crippen LogP contribution in [0.15, 0.2) is 0 Å². The lowest BCUT2D eigenvalue weighted by Crippen LogP contribution is -2.45. The van der Waals surface area contributed by atoms with Crippen LogP contribution in [0.3, 0.4) is 0 Å². The highest BCUT2D eigenvalue weighted by Gasteiger charge is 2.21. The number of nitrogens with one attached hydrogen (secondary N) is 1. The predicted octanol–water partition coefficient (Wildman–Crippen LogP) is 1.97. The summed E-state index contributed by atoms with van der Waals surface area (Å²) < 4.78 is 10.2. The van der Waals surface area contributed by atoms with Crippen LogP contribution in [0.1, 0.15) is 33.5 Å². The van der Waals surface area contributed by atoms with Crippen LogP contribution in [0.5, 0.6) is 0 Å². The molecule has 1 aromatic heterocycles. The molecule has 2 heterocycles. The summed E-state index contributed by atoms with van der Waals surface area (Å²) in [6, 6.07) is 0. The summed E-state index contributed by atoms with van der Waals surface area (Å²) in [5.41, 5.74) is 0.0107. The molecular weight excluding hydrogens is 260 g/mol. The molecular formula is C13H24N4OS. The second-order valence-electron chi connectivity index (χ2n) is 5.94. The average molecular weight is 284 g/mol. The molecule has 0 amide bonds. The van der Waals surface area contributed by atoms with Gasteiger partial charge in [0.05, 0.1) is 12.7 Å². The third-order valence-corrected chi connectivity index (χ3v) is 3.92. The van der Waals surface area contributed by atoms with E-state index < -0.39 is 0 Å². The molecule has 0 saturated carbocycles. The molecule has 0 aliphatic carbocycles. The van der Waals surface area contributed by atoms with E-state index in [1.807, 2.05) is 0 Å². The van der Waals surface area contributed by atoms with E-state index in [-0.39, 0.29) is 11.5 Å². The van der Waals surface area contributed by atoms with Crippen molar-refractivity contribution in [2.45, 2.75) is 39.2 Å². The van der Waals surface area contributed by atoms with Crippen LogP contribution in [0.2, 0.25) is 0 Å². The quantitative estimate of drug-likeness (QED) is 0.916. The van der Waals surface area contributed by atoms with Crippen molar-refractivity contribution in [3.05, 3.63) is 5.82 Å². The summed E-state index contributed by atoms with van der Waals surface area (Å²) in [6.45, 7) is 13.3. The Bertz CT molecular complexity index is 402. The number of nitrogens with zero attached hydrogens (tertiary/aromatic N) is 3. The molecule has 0 radical (unpaired) electrons. The van der Waals surface area contributed by atoms with E-state index >= 15 is 0 Å². The maximum Gasteiger partial charge on any atom is 0.202 e. The molecule has 1 fully saturated rings. The summed E-state index contributed by atoms with van der Waals surface area (Å²) in [6.07, 6.45) is 0.246. The zero-order chi connectivity index (χ0) is 13.9. The number of likely N-dealkylation sites (N-methyl/N-ethyl adjacent to an activating group) is 1. The first kappa shape index (κ1) is 14.7. The van der Waals surface area contributed by atoms with Gasteiger partial charge in [-0.3, -0.25) is 4.90 Å². The summed E-state index contributed by atoms with van der Waals surface area (Å²) in [5, 5.41) is 4.24. The molecule has 0 spiro atoms. The van der Waals surface area contributed by atoms with Crippen LogP contribution in [0, 0.1) is 0 Å². The third kappa shape index (κ3) is 4.12. The minimum atomic E-state index is 0.0107. The monoisotopic (exact) mass is 284 g/mol. The fourth-order valence-corrected chi connectivity index (χ4v) is 2.75. The van der Waals surface area contributed by atoms with Gasteiger partial charge >= 0.3 is 0 Å². The van der Waals surface area contributed by atoms with E-state index in [1.165, 1.54) is 11.5 Å². The number of hydrogen-bond donors (Lipinski definition) is 1. The first-order valence-corrected chi connectivity index (χ1v) is 7.68. The van der Waals surface area contributed by atoms with E-state index in [1.54, 1.807) is 0 Å². The van der Waals surface area contributed by atoms with Crippen molar-refractivity contribution in [2.24, 2.45) is 0 Å². The fraction of sp³-hybridized carbons (Fsp3) is 0.846. The number of rotatable bonds is 4. The van der Waals surface area contributed by atoms with Gasteiger partial charge in [0.1, 0.15) is 5.82 Å². The maximum atomic E-state index is 5.76. The molecule has 1 aromatic rings. The molecule has 1 N–H and O–H groups in total. The molecule has 6 heteroatoms. The molecule has 0 aromatic carbocycles. The Morgan fingerprint density at radius 1 is 1.47 bits per heavy atom. The number of anilines is 1. The number of ether oxygens (including phenoxy) is 1. The van der Waals surface area contributed by atoms with Crippen molar-refractivity contribution in [2.75, 3.05) is 38.1 Å². The highest BCUT2D eigenvalue weighted by molar-refractivity contribution is 7.09. The summed E-state index contributed by atoms with van der Waals surface area (Å²) in [4.78, 5) is 6.95. The lowest BCUT2D eigenvalue weighted by Gasteiger charge is -2.32. The summed E-state index contributed by atoms with van der Waals surface area (Å²) in [5.74, 6) is 0.903. The lowest BCUT2D eigenvalue weighted by molar-refractivity contribution is -0.0191. The lowest BCUT2D eigenvalue weighted by atomic mass is 9.96. The average Bonchev–Trinajstić information content (AvgIpc) is 2.85. The van der Waals surface area contributed by atoms with Gasteiger partial charge in [0.15, 0.2) is 0 Å². The van der Waals surface area contributed by atoms with Gasteiger partial charge in [-0.15, -0.1) is 0 Å². The molecule has 1 unspecified atom stereocenters. The van der Waals surface area contributed by atoms with E-state index in [0.717, 1.165) is 43.7 Å². The predicted molar refractivity (Wildman–Crippen MR) is 79.0 cm³/mol. The topological polar surface area (TPSA) is 50.3 Å². The van der Waals surface area contributed by atoms with Crippen LogP contribution < -0.4 is 5.32 Å². The Hall–Kier alpha value is -0.720. The van der Waals surface area contributed by atoms with Crippen LogP contribution in [-0.2, 0) is 10.2 Å². The van der Waals surface area contributed by atoms with Crippen LogP contribution in [0.4, 0.5) is 5.13 Å². The largest absolute Gasteiger partial charge is 0.374 e. The van der Waals surface area contributed by atoms with Crippen LogP contribution in [0.25, 0.3) is 0 Å². The zero-order valence-corrected chi connectivity index (χ0v) is 13.1.